The van der Waals surface area contributed by atoms with Gasteiger partial charge in [0.2, 0.25) is 22.8 Å². The molecule has 0 N–H and O–H groups in total. The van der Waals surface area contributed by atoms with E-state index in [2.05, 4.69) is 175 Å². The number of fused-ring (bicyclic) bond motifs is 20. The van der Waals surface area contributed by atoms with E-state index in [-0.39, 0.29) is 0 Å². The fourth-order valence-electron chi connectivity index (χ4n) is 8.84. The average molecular weight is 681 g/mol. The largest absolute Gasteiger partial charge is 0.343 e. The van der Waals surface area contributed by atoms with E-state index < -0.39 is 0 Å². The quantitative estimate of drug-likeness (QED) is 0.142. The van der Waals surface area contributed by atoms with Crippen molar-refractivity contribution >= 4 is 43.6 Å². The first kappa shape index (κ1) is 32.4. The molecule has 5 heterocycles. The third-order valence-electron chi connectivity index (χ3n) is 12.7. The summed E-state index contributed by atoms with van der Waals surface area (Å²) in [5.74, 6) is 0. The van der Waals surface area contributed by atoms with Gasteiger partial charge in [0, 0.05) is 59.9 Å². The standard InChI is InChI=1S/C48H48N4/c1-25-13-33-34(14-26(25)2)42-22-44-37-17-29(5)30(6)18-38(37)46(51(44)11)24-48-40-20-32(8)31(7)19-39(40)47(52(48)12)23-45-36-16-28(4)27(3)15-35(36)43(50(45)10)21-41(33)49(42)9/h13-24H,1-12H3/q+2. The maximum Gasteiger partial charge on any atom is 0.215 e. The lowest BCUT2D eigenvalue weighted by Gasteiger charge is -2.03. The van der Waals surface area contributed by atoms with Crippen LogP contribution in [-0.2, 0) is 28.2 Å². The van der Waals surface area contributed by atoms with Gasteiger partial charge in [-0.3, -0.25) is 0 Å². The summed E-state index contributed by atoms with van der Waals surface area (Å²) >= 11 is 0. The van der Waals surface area contributed by atoms with Crippen molar-refractivity contribution in [2.24, 2.45) is 28.2 Å². The van der Waals surface area contributed by atoms with Crippen molar-refractivity contribution in [3.05, 3.63) is 117 Å². The fraction of sp³-hybridized carbons (Fsp3) is 0.250. The Morgan fingerprint density at radius 1 is 0.308 bits per heavy atom. The van der Waals surface area contributed by atoms with Gasteiger partial charge < -0.3 is 9.13 Å². The molecule has 258 valence electrons. The molecule has 0 radical (unpaired) electrons. The molecule has 0 saturated heterocycles. The van der Waals surface area contributed by atoms with Crippen LogP contribution in [-0.4, -0.2) is 9.13 Å². The molecule has 0 spiro atoms. The Morgan fingerprint density at radius 2 is 0.500 bits per heavy atom. The monoisotopic (exact) mass is 680 g/mol. The number of aromatic nitrogens is 4. The number of rotatable bonds is 0. The van der Waals surface area contributed by atoms with E-state index in [1.165, 1.54) is 133 Å². The van der Waals surface area contributed by atoms with Crippen molar-refractivity contribution in [1.82, 2.24) is 9.13 Å². The van der Waals surface area contributed by atoms with Crippen LogP contribution in [0.4, 0.5) is 0 Å². The van der Waals surface area contributed by atoms with Crippen LogP contribution < -0.4 is 9.13 Å². The predicted octanol–water partition coefficient (Wildman–Crippen LogP) is 10.6. The van der Waals surface area contributed by atoms with Gasteiger partial charge in [0.05, 0.1) is 44.3 Å². The van der Waals surface area contributed by atoms with E-state index in [9.17, 15) is 0 Å². The van der Waals surface area contributed by atoms with Crippen LogP contribution in [0.3, 0.4) is 0 Å². The van der Waals surface area contributed by atoms with E-state index in [0.29, 0.717) is 0 Å². The van der Waals surface area contributed by atoms with E-state index >= 15 is 0 Å². The summed E-state index contributed by atoms with van der Waals surface area (Å²) in [5.41, 5.74) is 25.4. The lowest BCUT2D eigenvalue weighted by molar-refractivity contribution is -0.645. The Bertz CT molecular complexity index is 2570. The molecule has 0 amide bonds. The highest BCUT2D eigenvalue weighted by molar-refractivity contribution is 6.11. The Morgan fingerprint density at radius 3 is 0.712 bits per heavy atom. The third-order valence-corrected chi connectivity index (χ3v) is 12.7. The summed E-state index contributed by atoms with van der Waals surface area (Å²) in [6.45, 7) is 17.9. The number of nitrogens with zero attached hydrogens (tertiary/aromatic N) is 4. The summed E-state index contributed by atoms with van der Waals surface area (Å²) in [5, 5.41) is 5.13. The van der Waals surface area contributed by atoms with Crippen LogP contribution >= 0.6 is 0 Å². The molecule has 2 aliphatic rings. The van der Waals surface area contributed by atoms with Crippen molar-refractivity contribution < 1.29 is 9.13 Å². The van der Waals surface area contributed by atoms with Gasteiger partial charge in [0.1, 0.15) is 14.1 Å². The summed E-state index contributed by atoms with van der Waals surface area (Å²) in [6, 6.07) is 28.9. The van der Waals surface area contributed by atoms with E-state index in [1.54, 1.807) is 0 Å². The Kier molecular flexibility index (Phi) is 6.87. The number of hydrogen-bond donors (Lipinski definition) is 0. The minimum atomic E-state index is 1.22. The topological polar surface area (TPSA) is 17.6 Å². The highest BCUT2D eigenvalue weighted by atomic mass is 15.0. The van der Waals surface area contributed by atoms with Crippen molar-refractivity contribution in [1.29, 1.82) is 0 Å². The molecule has 4 nitrogen and oxygen atoms in total. The molecule has 0 atom stereocenters. The normalized spacial score (nSPS) is 12.2. The zero-order valence-corrected chi connectivity index (χ0v) is 32.7. The van der Waals surface area contributed by atoms with Gasteiger partial charge in [0.25, 0.3) is 0 Å². The maximum absolute atomic E-state index is 2.44. The Balaban J connectivity index is 1.61. The van der Waals surface area contributed by atoms with Gasteiger partial charge in [0.15, 0.2) is 0 Å². The molecular formula is C48H48N4+2. The van der Waals surface area contributed by atoms with Crippen molar-refractivity contribution in [3.63, 3.8) is 0 Å². The van der Waals surface area contributed by atoms with E-state index in [1.807, 2.05) is 0 Å². The molecule has 4 aromatic carbocycles. The summed E-state index contributed by atoms with van der Waals surface area (Å²) in [6.07, 6.45) is 0. The van der Waals surface area contributed by atoms with Gasteiger partial charge in [-0.15, -0.1) is 0 Å². The zero-order valence-electron chi connectivity index (χ0n) is 32.7. The van der Waals surface area contributed by atoms with E-state index in [0.717, 1.165) is 0 Å². The van der Waals surface area contributed by atoms with E-state index in [4.69, 9.17) is 0 Å². The molecule has 0 unspecified atom stereocenters. The lowest BCUT2D eigenvalue weighted by atomic mass is 9.97. The predicted molar refractivity (Wildman–Crippen MR) is 219 cm³/mol. The summed E-state index contributed by atoms with van der Waals surface area (Å²) < 4.78 is 9.68. The molecule has 9 rings (SSSR count). The first-order valence-corrected chi connectivity index (χ1v) is 18.5. The SMILES string of the molecule is Cc1cc2c(cc1C)-c1cc3c4cc(C)c(C)cc4c(cc4[n+](C)c(cc5c6cc(C)c(C)cc6c(cc-2[n+]1C)n5C)-c1cc(C)c(C)cc1-4)n3C. The van der Waals surface area contributed by atoms with Gasteiger partial charge in [-0.05, 0) is 148 Å². The second-order valence-electron chi connectivity index (χ2n) is 15.8. The first-order chi connectivity index (χ1) is 24.7. The average Bonchev–Trinajstić information content (AvgIpc) is 3.68. The minimum absolute atomic E-state index is 1.22. The van der Waals surface area contributed by atoms with Crippen LogP contribution in [0.5, 0.6) is 0 Å². The Labute approximate surface area is 306 Å². The number of benzene rings is 4. The highest BCUT2D eigenvalue weighted by Crippen LogP contribution is 2.42. The van der Waals surface area contributed by atoms with Crippen LogP contribution in [0.15, 0.2) is 72.8 Å². The maximum atomic E-state index is 2.44. The molecule has 3 aromatic heterocycles. The van der Waals surface area contributed by atoms with Crippen LogP contribution in [0.25, 0.3) is 88.6 Å². The molecule has 8 bridgehead atoms. The Hall–Kier alpha value is -5.48. The van der Waals surface area contributed by atoms with Crippen molar-refractivity contribution in [3.8, 4) is 45.0 Å². The van der Waals surface area contributed by atoms with Crippen molar-refractivity contribution in [2.45, 2.75) is 55.4 Å². The van der Waals surface area contributed by atoms with Gasteiger partial charge >= 0.3 is 0 Å². The molecule has 0 fully saturated rings. The minimum Gasteiger partial charge on any atom is -0.343 e. The molecule has 2 aliphatic heterocycles. The third kappa shape index (κ3) is 4.39. The second kappa shape index (κ2) is 11.0. The first-order valence-electron chi connectivity index (χ1n) is 18.5. The highest BCUT2D eigenvalue weighted by Gasteiger charge is 2.32. The molecule has 4 heteroatoms. The van der Waals surface area contributed by atoms with Gasteiger partial charge in [-0.1, -0.05) is 0 Å². The van der Waals surface area contributed by atoms with Gasteiger partial charge in [-0.25, -0.2) is 0 Å². The molecule has 0 aliphatic carbocycles. The zero-order chi connectivity index (χ0) is 36.7. The molecule has 7 aromatic rings. The van der Waals surface area contributed by atoms with Crippen LogP contribution in [0, 0.1) is 55.4 Å². The molecule has 0 saturated carbocycles. The van der Waals surface area contributed by atoms with Gasteiger partial charge in [-0.2, -0.15) is 9.13 Å². The number of aryl methyl sites for hydroxylation is 10. The van der Waals surface area contributed by atoms with Crippen LogP contribution in [0.2, 0.25) is 0 Å². The summed E-state index contributed by atoms with van der Waals surface area (Å²) in [4.78, 5) is 0. The van der Waals surface area contributed by atoms with Crippen LogP contribution in [0.1, 0.15) is 44.5 Å². The number of hydrogen-bond acceptors (Lipinski definition) is 0. The lowest BCUT2D eigenvalue weighted by Crippen LogP contribution is -2.29. The summed E-state index contributed by atoms with van der Waals surface area (Å²) in [7, 11) is 8.98. The molecular weight excluding hydrogens is 633 g/mol. The van der Waals surface area contributed by atoms with Crippen molar-refractivity contribution in [2.75, 3.05) is 0 Å². The fourth-order valence-corrected chi connectivity index (χ4v) is 8.84. The smallest absolute Gasteiger partial charge is 0.215 e. The molecule has 52 heavy (non-hydrogen) atoms. The second-order valence-corrected chi connectivity index (χ2v) is 15.8.